The van der Waals surface area contributed by atoms with Gasteiger partial charge in [0.05, 0.1) is 23.6 Å². The summed E-state index contributed by atoms with van der Waals surface area (Å²) in [5.41, 5.74) is 4.09. The highest BCUT2D eigenvalue weighted by atomic mass is 32.2. The third-order valence-corrected chi connectivity index (χ3v) is 7.73. The van der Waals surface area contributed by atoms with Crippen LogP contribution in [0.5, 0.6) is 0 Å². The molecule has 0 aliphatic carbocycles. The van der Waals surface area contributed by atoms with E-state index in [2.05, 4.69) is 23.1 Å². The molecule has 2 unspecified atom stereocenters. The standard InChI is InChI=1S/C20H21FN2O2S2/c1-13-6-7-14(2)18(8-13)23-19-12-27(24,25)11-17(19)22-20(23)26-10-15-4-3-5-16(21)9-15/h3-9,17,19H,10-12H2,1-2H3. The van der Waals surface area contributed by atoms with Crippen molar-refractivity contribution >= 4 is 32.5 Å². The van der Waals surface area contributed by atoms with Gasteiger partial charge in [0.25, 0.3) is 0 Å². The highest BCUT2D eigenvalue weighted by Crippen LogP contribution is 2.37. The predicted molar refractivity (Wildman–Crippen MR) is 110 cm³/mol. The van der Waals surface area contributed by atoms with Gasteiger partial charge >= 0.3 is 0 Å². The SMILES string of the molecule is Cc1ccc(C)c(N2C(SCc3cccc(F)c3)=NC3CS(=O)(=O)CC32)c1. The van der Waals surface area contributed by atoms with Crippen molar-refractivity contribution in [2.45, 2.75) is 31.7 Å². The summed E-state index contributed by atoms with van der Waals surface area (Å²) in [6.45, 7) is 4.05. The molecule has 27 heavy (non-hydrogen) atoms. The first kappa shape index (κ1) is 18.5. The first-order valence-electron chi connectivity index (χ1n) is 8.84. The van der Waals surface area contributed by atoms with Gasteiger partial charge in [0.15, 0.2) is 15.0 Å². The van der Waals surface area contributed by atoms with E-state index in [1.807, 2.05) is 19.9 Å². The van der Waals surface area contributed by atoms with E-state index < -0.39 is 9.84 Å². The van der Waals surface area contributed by atoms with E-state index in [1.54, 1.807) is 6.07 Å². The highest BCUT2D eigenvalue weighted by molar-refractivity contribution is 8.13. The molecule has 0 amide bonds. The summed E-state index contributed by atoms with van der Waals surface area (Å²) in [4.78, 5) is 6.83. The molecule has 2 aliphatic rings. The zero-order valence-corrected chi connectivity index (χ0v) is 16.9. The molecular formula is C20H21FN2O2S2. The Bertz CT molecular complexity index is 1020. The molecule has 2 atom stereocenters. The third-order valence-electron chi connectivity index (χ3n) is 4.99. The van der Waals surface area contributed by atoms with Gasteiger partial charge in [-0.1, -0.05) is 36.0 Å². The lowest BCUT2D eigenvalue weighted by Crippen LogP contribution is -2.39. The first-order valence-corrected chi connectivity index (χ1v) is 11.6. The molecule has 2 heterocycles. The predicted octanol–water partition coefficient (Wildman–Crippen LogP) is 3.72. The van der Waals surface area contributed by atoms with Crippen molar-refractivity contribution in [1.29, 1.82) is 0 Å². The summed E-state index contributed by atoms with van der Waals surface area (Å²) >= 11 is 1.53. The van der Waals surface area contributed by atoms with Gasteiger partial charge in [0.2, 0.25) is 0 Å². The number of fused-ring (bicyclic) bond motifs is 1. The van der Waals surface area contributed by atoms with Gasteiger partial charge in [-0.2, -0.15) is 0 Å². The van der Waals surface area contributed by atoms with Crippen molar-refractivity contribution in [3.05, 3.63) is 65.0 Å². The number of amidine groups is 1. The Balaban J connectivity index is 1.66. The number of rotatable bonds is 3. The number of halogens is 1. The minimum Gasteiger partial charge on any atom is -0.315 e. The molecule has 2 aromatic rings. The van der Waals surface area contributed by atoms with E-state index in [0.717, 1.165) is 27.5 Å². The number of aliphatic imine (C=N–C) groups is 1. The van der Waals surface area contributed by atoms with Crippen LogP contribution in [-0.2, 0) is 15.6 Å². The van der Waals surface area contributed by atoms with Crippen LogP contribution in [0.15, 0.2) is 47.5 Å². The van der Waals surface area contributed by atoms with E-state index in [1.165, 1.54) is 23.9 Å². The molecule has 142 valence electrons. The zero-order chi connectivity index (χ0) is 19.2. The van der Waals surface area contributed by atoms with Gasteiger partial charge in [0, 0.05) is 11.4 Å². The van der Waals surface area contributed by atoms with Crippen LogP contribution in [0.4, 0.5) is 10.1 Å². The monoisotopic (exact) mass is 404 g/mol. The Morgan fingerprint density at radius 1 is 1.19 bits per heavy atom. The average molecular weight is 405 g/mol. The number of anilines is 1. The Morgan fingerprint density at radius 3 is 2.78 bits per heavy atom. The van der Waals surface area contributed by atoms with E-state index in [4.69, 9.17) is 4.99 Å². The van der Waals surface area contributed by atoms with E-state index in [-0.39, 0.29) is 29.4 Å². The molecular weight excluding hydrogens is 383 g/mol. The maximum absolute atomic E-state index is 13.5. The molecule has 4 rings (SSSR count). The van der Waals surface area contributed by atoms with Crippen molar-refractivity contribution < 1.29 is 12.8 Å². The third kappa shape index (κ3) is 3.75. The molecule has 1 saturated heterocycles. The van der Waals surface area contributed by atoms with Crippen LogP contribution in [0.3, 0.4) is 0 Å². The van der Waals surface area contributed by atoms with Gasteiger partial charge in [-0.15, -0.1) is 0 Å². The van der Waals surface area contributed by atoms with Crippen LogP contribution in [0, 0.1) is 19.7 Å². The molecule has 0 saturated carbocycles. The second kappa shape index (κ2) is 6.95. The average Bonchev–Trinajstić information content (AvgIpc) is 3.06. The molecule has 0 bridgehead atoms. The Hall–Kier alpha value is -1.86. The molecule has 0 spiro atoms. The largest absolute Gasteiger partial charge is 0.315 e. The van der Waals surface area contributed by atoms with Gasteiger partial charge in [0.1, 0.15) is 5.82 Å². The van der Waals surface area contributed by atoms with Crippen molar-refractivity contribution in [1.82, 2.24) is 0 Å². The van der Waals surface area contributed by atoms with Gasteiger partial charge < -0.3 is 4.90 Å². The zero-order valence-electron chi connectivity index (χ0n) is 15.2. The summed E-state index contributed by atoms with van der Waals surface area (Å²) in [5, 5.41) is 0.817. The lowest BCUT2D eigenvalue weighted by atomic mass is 10.1. The summed E-state index contributed by atoms with van der Waals surface area (Å²) in [7, 11) is -3.07. The van der Waals surface area contributed by atoms with Crippen LogP contribution in [0.2, 0.25) is 0 Å². The fourth-order valence-electron chi connectivity index (χ4n) is 3.67. The fraction of sp³-hybridized carbons (Fsp3) is 0.350. The van der Waals surface area contributed by atoms with Crippen LogP contribution < -0.4 is 4.90 Å². The number of nitrogens with zero attached hydrogens (tertiary/aromatic N) is 2. The molecule has 1 fully saturated rings. The highest BCUT2D eigenvalue weighted by Gasteiger charge is 2.47. The molecule has 4 nitrogen and oxygen atoms in total. The quantitative estimate of drug-likeness (QED) is 0.782. The second-order valence-electron chi connectivity index (χ2n) is 7.20. The molecule has 0 radical (unpaired) electrons. The molecule has 0 N–H and O–H groups in total. The van der Waals surface area contributed by atoms with Crippen molar-refractivity contribution in [2.24, 2.45) is 4.99 Å². The maximum atomic E-state index is 13.5. The topological polar surface area (TPSA) is 49.7 Å². The van der Waals surface area contributed by atoms with Gasteiger partial charge in [-0.3, -0.25) is 4.99 Å². The normalized spacial score (nSPS) is 23.4. The summed E-state index contributed by atoms with van der Waals surface area (Å²) in [6, 6.07) is 12.3. The van der Waals surface area contributed by atoms with Crippen LogP contribution in [0.25, 0.3) is 0 Å². The smallest absolute Gasteiger partial charge is 0.164 e. The number of hydrogen-bond donors (Lipinski definition) is 0. The van der Waals surface area contributed by atoms with Gasteiger partial charge in [-0.05, 0) is 48.7 Å². The van der Waals surface area contributed by atoms with E-state index >= 15 is 0 Å². The van der Waals surface area contributed by atoms with Crippen LogP contribution in [0.1, 0.15) is 16.7 Å². The molecule has 7 heteroatoms. The summed E-state index contributed by atoms with van der Waals surface area (Å²) in [5.74, 6) is 0.557. The number of aryl methyl sites for hydroxylation is 2. The summed E-state index contributed by atoms with van der Waals surface area (Å²) in [6.07, 6.45) is 0. The van der Waals surface area contributed by atoms with E-state index in [9.17, 15) is 12.8 Å². The number of hydrogen-bond acceptors (Lipinski definition) is 5. The molecule has 2 aromatic carbocycles. The Labute approximate surface area is 163 Å². The Morgan fingerprint density at radius 2 is 2.00 bits per heavy atom. The lowest BCUT2D eigenvalue weighted by Gasteiger charge is -2.28. The van der Waals surface area contributed by atoms with Gasteiger partial charge in [-0.25, -0.2) is 12.8 Å². The maximum Gasteiger partial charge on any atom is 0.164 e. The minimum atomic E-state index is -3.07. The van der Waals surface area contributed by atoms with Crippen molar-refractivity contribution in [3.8, 4) is 0 Å². The number of sulfone groups is 1. The van der Waals surface area contributed by atoms with Crippen LogP contribution in [-0.4, -0.2) is 37.2 Å². The van der Waals surface area contributed by atoms with Crippen LogP contribution >= 0.6 is 11.8 Å². The van der Waals surface area contributed by atoms with Crippen molar-refractivity contribution in [3.63, 3.8) is 0 Å². The molecule has 0 aromatic heterocycles. The Kier molecular flexibility index (Phi) is 4.76. The van der Waals surface area contributed by atoms with E-state index in [0.29, 0.717) is 5.75 Å². The second-order valence-corrected chi connectivity index (χ2v) is 10.3. The first-order chi connectivity index (χ1) is 12.8. The minimum absolute atomic E-state index is 0.100. The molecule has 2 aliphatic heterocycles. The number of thioether (sulfide) groups is 1. The fourth-order valence-corrected chi connectivity index (χ4v) is 6.57. The summed E-state index contributed by atoms with van der Waals surface area (Å²) < 4.78 is 37.8. The number of benzene rings is 2. The lowest BCUT2D eigenvalue weighted by molar-refractivity contribution is 0.601. The van der Waals surface area contributed by atoms with Crippen molar-refractivity contribution in [2.75, 3.05) is 16.4 Å².